The Labute approximate surface area is 137 Å². The summed E-state index contributed by atoms with van der Waals surface area (Å²) in [5.41, 5.74) is 1.05. The number of sulfonamides is 1. The van der Waals surface area contributed by atoms with Crippen LogP contribution in [0.2, 0.25) is 0 Å². The third-order valence-electron chi connectivity index (χ3n) is 4.38. The van der Waals surface area contributed by atoms with Gasteiger partial charge < -0.3 is 4.57 Å². The molecule has 0 radical (unpaired) electrons. The van der Waals surface area contributed by atoms with Crippen molar-refractivity contribution in [3.63, 3.8) is 0 Å². The van der Waals surface area contributed by atoms with Crippen LogP contribution in [-0.4, -0.2) is 45.1 Å². The van der Waals surface area contributed by atoms with Crippen LogP contribution < -0.4 is 0 Å². The first-order chi connectivity index (χ1) is 10.9. The fourth-order valence-corrected chi connectivity index (χ4v) is 4.30. The number of aromatic nitrogens is 4. The van der Waals surface area contributed by atoms with E-state index in [2.05, 4.69) is 10.1 Å². The van der Waals surface area contributed by atoms with Crippen LogP contribution in [-0.2, 0) is 17.1 Å². The number of aryl methyl sites for hydroxylation is 1. The maximum absolute atomic E-state index is 12.7. The highest BCUT2D eigenvalue weighted by atomic mass is 32.2. The van der Waals surface area contributed by atoms with Crippen LogP contribution in [0, 0.1) is 0 Å². The topological polar surface area (TPSA) is 73.0 Å². The van der Waals surface area contributed by atoms with Crippen LogP contribution in [0.15, 0.2) is 29.8 Å². The van der Waals surface area contributed by atoms with E-state index in [1.54, 1.807) is 21.5 Å². The molecule has 0 amide bonds. The van der Waals surface area contributed by atoms with Crippen molar-refractivity contribution in [2.24, 2.45) is 7.05 Å². The summed E-state index contributed by atoms with van der Waals surface area (Å²) >= 11 is 0. The smallest absolute Gasteiger partial charge is 0.262 e. The van der Waals surface area contributed by atoms with E-state index in [-0.39, 0.29) is 11.1 Å². The van der Waals surface area contributed by atoms with E-state index in [0.29, 0.717) is 19.0 Å². The molecule has 0 aromatic carbocycles. The van der Waals surface area contributed by atoms with Crippen molar-refractivity contribution in [2.45, 2.75) is 43.7 Å². The van der Waals surface area contributed by atoms with Crippen molar-refractivity contribution < 1.29 is 8.42 Å². The van der Waals surface area contributed by atoms with Crippen molar-refractivity contribution in [1.29, 1.82) is 0 Å². The summed E-state index contributed by atoms with van der Waals surface area (Å²) in [6, 6.07) is 2.21. The van der Waals surface area contributed by atoms with Crippen LogP contribution in [0.1, 0.15) is 44.3 Å². The Morgan fingerprint density at radius 3 is 2.48 bits per heavy atom. The molecule has 3 heterocycles. The van der Waals surface area contributed by atoms with E-state index < -0.39 is 10.0 Å². The molecule has 23 heavy (non-hydrogen) atoms. The molecule has 126 valence electrons. The molecule has 0 bridgehead atoms. The van der Waals surface area contributed by atoms with Gasteiger partial charge in [0.15, 0.2) is 5.03 Å². The zero-order valence-corrected chi connectivity index (χ0v) is 14.6. The lowest BCUT2D eigenvalue weighted by Gasteiger charge is -2.29. The van der Waals surface area contributed by atoms with Crippen LogP contribution >= 0.6 is 0 Å². The van der Waals surface area contributed by atoms with Gasteiger partial charge in [0, 0.05) is 44.5 Å². The molecule has 2 aromatic rings. The monoisotopic (exact) mass is 337 g/mol. The molecule has 1 saturated heterocycles. The van der Waals surface area contributed by atoms with Gasteiger partial charge in [0.25, 0.3) is 10.0 Å². The van der Waals surface area contributed by atoms with Gasteiger partial charge in [-0.15, -0.1) is 0 Å². The third kappa shape index (κ3) is 3.18. The molecule has 0 atom stereocenters. The largest absolute Gasteiger partial charge is 0.334 e. The fraction of sp³-hybridized carbons (Fsp3) is 0.600. The van der Waals surface area contributed by atoms with Gasteiger partial charge in [0.1, 0.15) is 0 Å². The summed E-state index contributed by atoms with van der Waals surface area (Å²) in [6.45, 7) is 5.02. The Bertz CT molecular complexity index is 769. The zero-order chi connectivity index (χ0) is 16.6. The minimum atomic E-state index is -3.50. The summed E-state index contributed by atoms with van der Waals surface area (Å²) in [4.78, 5) is 4.08. The van der Waals surface area contributed by atoms with Crippen LogP contribution in [0.5, 0.6) is 0 Å². The van der Waals surface area contributed by atoms with Gasteiger partial charge in [-0.3, -0.25) is 4.68 Å². The van der Waals surface area contributed by atoms with Crippen molar-refractivity contribution in [3.05, 3.63) is 30.5 Å². The molecule has 1 aliphatic rings. The van der Waals surface area contributed by atoms with E-state index in [4.69, 9.17) is 0 Å². The number of hydrogen-bond acceptors (Lipinski definition) is 4. The van der Waals surface area contributed by atoms with Gasteiger partial charge in [0.05, 0.1) is 12.0 Å². The molecule has 3 rings (SSSR count). The van der Waals surface area contributed by atoms with E-state index in [0.717, 1.165) is 18.5 Å². The number of piperidine rings is 1. The summed E-state index contributed by atoms with van der Waals surface area (Å²) in [5.74, 6) is 0.330. The van der Waals surface area contributed by atoms with Crippen molar-refractivity contribution >= 4 is 10.0 Å². The maximum Gasteiger partial charge on any atom is 0.262 e. The van der Waals surface area contributed by atoms with Gasteiger partial charge in [-0.2, -0.15) is 9.40 Å². The highest BCUT2D eigenvalue weighted by Gasteiger charge is 2.32. The van der Waals surface area contributed by atoms with Crippen LogP contribution in [0.25, 0.3) is 0 Å². The molecule has 0 N–H and O–H groups in total. The molecule has 2 aromatic heterocycles. The second-order valence-corrected chi connectivity index (χ2v) is 8.23. The van der Waals surface area contributed by atoms with Crippen molar-refractivity contribution in [2.75, 3.05) is 13.1 Å². The second kappa shape index (κ2) is 6.09. The first kappa shape index (κ1) is 16.2. The van der Waals surface area contributed by atoms with Gasteiger partial charge in [-0.05, 0) is 32.8 Å². The molecule has 1 aliphatic heterocycles. The Hall–Kier alpha value is -1.67. The SMILES string of the molecule is CC(C)n1cnc(S(=O)(=O)N2CCC(c3ccn(C)n3)CC2)c1. The highest BCUT2D eigenvalue weighted by molar-refractivity contribution is 7.89. The van der Waals surface area contributed by atoms with Gasteiger partial charge in [-0.1, -0.05) is 0 Å². The molecule has 0 unspecified atom stereocenters. The highest BCUT2D eigenvalue weighted by Crippen LogP contribution is 2.29. The van der Waals surface area contributed by atoms with E-state index >= 15 is 0 Å². The summed E-state index contributed by atoms with van der Waals surface area (Å²) in [7, 11) is -1.60. The first-order valence-corrected chi connectivity index (χ1v) is 9.35. The standard InChI is InChI=1S/C15H23N5O2S/c1-12(2)19-10-15(16-11-19)23(21,22)20-8-4-13(5-9-20)14-6-7-18(3)17-14/h6-7,10-13H,4-5,8-9H2,1-3H3. The average molecular weight is 337 g/mol. The van der Waals surface area contributed by atoms with Gasteiger partial charge in [0.2, 0.25) is 0 Å². The zero-order valence-electron chi connectivity index (χ0n) is 13.8. The number of hydrogen-bond donors (Lipinski definition) is 0. The van der Waals surface area contributed by atoms with E-state index in [9.17, 15) is 8.42 Å². The Morgan fingerprint density at radius 2 is 1.96 bits per heavy atom. The molecule has 7 nitrogen and oxygen atoms in total. The molecular weight excluding hydrogens is 314 g/mol. The third-order valence-corrected chi connectivity index (χ3v) is 6.17. The minimum absolute atomic E-state index is 0.141. The Kier molecular flexibility index (Phi) is 4.29. The minimum Gasteiger partial charge on any atom is -0.334 e. The fourth-order valence-electron chi connectivity index (χ4n) is 2.91. The van der Waals surface area contributed by atoms with E-state index in [1.165, 1.54) is 0 Å². The summed E-state index contributed by atoms with van der Waals surface area (Å²) in [5, 5.41) is 4.58. The predicted octanol–water partition coefficient (Wildman–Crippen LogP) is 1.77. The normalized spacial score (nSPS) is 17.9. The number of nitrogens with zero attached hydrogens (tertiary/aromatic N) is 5. The summed E-state index contributed by atoms with van der Waals surface area (Å²) in [6.07, 6.45) is 6.71. The molecular formula is C15H23N5O2S. The second-order valence-electron chi connectivity index (χ2n) is 6.35. The molecule has 8 heteroatoms. The van der Waals surface area contributed by atoms with Crippen LogP contribution in [0.3, 0.4) is 0 Å². The quantitative estimate of drug-likeness (QED) is 0.852. The summed E-state index contributed by atoms with van der Waals surface area (Å²) < 4.78 is 30.5. The lowest BCUT2D eigenvalue weighted by atomic mass is 9.95. The van der Waals surface area contributed by atoms with Gasteiger partial charge >= 0.3 is 0 Å². The van der Waals surface area contributed by atoms with E-state index in [1.807, 2.05) is 37.7 Å². The molecule has 0 aliphatic carbocycles. The first-order valence-electron chi connectivity index (χ1n) is 7.91. The number of rotatable bonds is 4. The predicted molar refractivity (Wildman–Crippen MR) is 86.6 cm³/mol. The molecule has 0 spiro atoms. The van der Waals surface area contributed by atoms with Gasteiger partial charge in [-0.25, -0.2) is 13.4 Å². The lowest BCUT2D eigenvalue weighted by Crippen LogP contribution is -2.38. The number of imidazole rings is 1. The average Bonchev–Trinajstić information content (AvgIpc) is 3.16. The Balaban J connectivity index is 1.70. The Morgan fingerprint density at radius 1 is 1.26 bits per heavy atom. The van der Waals surface area contributed by atoms with Crippen LogP contribution in [0.4, 0.5) is 0 Å². The maximum atomic E-state index is 12.7. The van der Waals surface area contributed by atoms with Crippen molar-refractivity contribution in [3.8, 4) is 0 Å². The molecule has 1 fully saturated rings. The van der Waals surface area contributed by atoms with Crippen molar-refractivity contribution in [1.82, 2.24) is 23.6 Å². The lowest BCUT2D eigenvalue weighted by molar-refractivity contribution is 0.315. The molecule has 0 saturated carbocycles.